The normalized spacial score (nSPS) is 17.1. The second-order valence-electron chi connectivity index (χ2n) is 4.56. The Kier molecular flexibility index (Phi) is 9.16. The Bertz CT molecular complexity index is 190. The monoisotopic (exact) mass is 252 g/mol. The number of nitrogens with zero attached hydrogens (tertiary/aromatic N) is 1. The van der Waals surface area contributed by atoms with Crippen molar-refractivity contribution >= 4 is 0 Å². The van der Waals surface area contributed by atoms with Crippen LogP contribution in [0.5, 0.6) is 0 Å². The highest BCUT2D eigenvalue weighted by Gasteiger charge is 2.37. The zero-order chi connectivity index (χ0) is 12.1. The number of aliphatic hydroxyl groups is 2. The first-order valence-corrected chi connectivity index (χ1v) is 5.38. The molecule has 0 rings (SSSR count). The molecule has 0 aliphatic heterocycles. The number of hydrogen-bond acceptors (Lipinski definition) is 3. The van der Waals surface area contributed by atoms with Gasteiger partial charge in [-0.1, -0.05) is 13.5 Å². The fourth-order valence-electron chi connectivity index (χ4n) is 2.07. The lowest BCUT2D eigenvalue weighted by atomic mass is 9.97. The van der Waals surface area contributed by atoms with E-state index < -0.39 is 6.10 Å². The van der Waals surface area contributed by atoms with E-state index in [4.69, 9.17) is 10.8 Å². The lowest BCUT2D eigenvalue weighted by Crippen LogP contribution is -3.00. The summed E-state index contributed by atoms with van der Waals surface area (Å²) in [4.78, 5) is 0. The molecule has 3 unspecified atom stereocenters. The fourth-order valence-corrected chi connectivity index (χ4v) is 2.07. The van der Waals surface area contributed by atoms with Gasteiger partial charge in [-0.25, -0.2) is 0 Å². The van der Waals surface area contributed by atoms with Crippen LogP contribution in [0.25, 0.3) is 0 Å². The molecule has 0 aliphatic rings. The van der Waals surface area contributed by atoms with E-state index in [1.165, 1.54) is 0 Å². The molecule has 0 saturated heterocycles. The number of likely N-dealkylation sites (N-methyl/N-ethyl adjacent to an activating group) is 1. The summed E-state index contributed by atoms with van der Waals surface area (Å²) in [5.41, 5.74) is 5.99. The third-order valence-electron chi connectivity index (χ3n) is 2.90. The van der Waals surface area contributed by atoms with Crippen molar-refractivity contribution in [2.75, 3.05) is 27.2 Å². The van der Waals surface area contributed by atoms with E-state index in [2.05, 4.69) is 6.58 Å². The van der Waals surface area contributed by atoms with Gasteiger partial charge in [0.2, 0.25) is 0 Å². The number of nitrogens with two attached hydrogens (primary N) is 1. The number of quaternary nitrogens is 1. The SMILES string of the molecule is C=CC[N+](C)(C)C(C(N)CC)C(O)CO.[Cl-]. The zero-order valence-corrected chi connectivity index (χ0v) is 11.2. The van der Waals surface area contributed by atoms with Gasteiger partial charge in [0, 0.05) is 0 Å². The maximum atomic E-state index is 9.80. The summed E-state index contributed by atoms with van der Waals surface area (Å²) in [7, 11) is 3.97. The molecule has 4 nitrogen and oxygen atoms in total. The molecule has 0 heterocycles. The van der Waals surface area contributed by atoms with Gasteiger partial charge < -0.3 is 32.8 Å². The summed E-state index contributed by atoms with van der Waals surface area (Å²) >= 11 is 0. The minimum absolute atomic E-state index is 0. The van der Waals surface area contributed by atoms with Gasteiger partial charge in [0.15, 0.2) is 0 Å². The lowest BCUT2D eigenvalue weighted by molar-refractivity contribution is -0.914. The molecule has 98 valence electrons. The van der Waals surface area contributed by atoms with Crippen LogP contribution in [0.4, 0.5) is 0 Å². The highest BCUT2D eigenvalue weighted by Crippen LogP contribution is 2.16. The summed E-state index contributed by atoms with van der Waals surface area (Å²) < 4.78 is 0.542. The third-order valence-corrected chi connectivity index (χ3v) is 2.90. The van der Waals surface area contributed by atoms with Gasteiger partial charge in [0.1, 0.15) is 12.1 Å². The summed E-state index contributed by atoms with van der Waals surface area (Å²) in [6.45, 7) is 6.14. The first-order valence-electron chi connectivity index (χ1n) is 5.38. The lowest BCUT2D eigenvalue weighted by Gasteiger charge is -2.42. The highest BCUT2D eigenvalue weighted by molar-refractivity contribution is 4.81. The molecule has 0 aromatic rings. The molecule has 0 radical (unpaired) electrons. The number of hydrogen-bond donors (Lipinski definition) is 3. The number of halogens is 1. The van der Waals surface area contributed by atoms with E-state index in [0.717, 1.165) is 13.0 Å². The molecule has 0 saturated carbocycles. The number of aliphatic hydroxyl groups excluding tert-OH is 2. The molecule has 4 N–H and O–H groups in total. The Morgan fingerprint density at radius 3 is 2.25 bits per heavy atom. The minimum atomic E-state index is -0.783. The Morgan fingerprint density at radius 1 is 1.44 bits per heavy atom. The fraction of sp³-hybridized carbons (Fsp3) is 0.818. The van der Waals surface area contributed by atoms with Gasteiger partial charge in [0.05, 0.1) is 33.3 Å². The van der Waals surface area contributed by atoms with E-state index in [1.807, 2.05) is 21.0 Å². The van der Waals surface area contributed by atoms with Crippen molar-refractivity contribution in [3.63, 3.8) is 0 Å². The highest BCUT2D eigenvalue weighted by atomic mass is 35.5. The van der Waals surface area contributed by atoms with Crippen LogP contribution in [0, 0.1) is 0 Å². The van der Waals surface area contributed by atoms with Crippen molar-refractivity contribution in [2.24, 2.45) is 5.73 Å². The molecule has 0 aromatic heterocycles. The van der Waals surface area contributed by atoms with Crippen LogP contribution in [0.15, 0.2) is 12.7 Å². The average molecular weight is 253 g/mol. The molecule has 0 fully saturated rings. The zero-order valence-electron chi connectivity index (χ0n) is 10.4. The van der Waals surface area contributed by atoms with E-state index in [-0.39, 0.29) is 31.1 Å². The molecule has 0 aromatic carbocycles. The smallest absolute Gasteiger partial charge is 0.133 e. The van der Waals surface area contributed by atoms with Crippen LogP contribution in [0.3, 0.4) is 0 Å². The van der Waals surface area contributed by atoms with Crippen LogP contribution in [-0.4, -0.2) is 60.1 Å². The van der Waals surface area contributed by atoms with Gasteiger partial charge in [-0.05, 0) is 12.5 Å². The van der Waals surface area contributed by atoms with Crippen molar-refractivity contribution in [1.82, 2.24) is 0 Å². The predicted octanol–water partition coefficient (Wildman–Crippen LogP) is -3.29. The summed E-state index contributed by atoms with van der Waals surface area (Å²) in [5, 5.41) is 18.8. The topological polar surface area (TPSA) is 66.5 Å². The predicted molar refractivity (Wildman–Crippen MR) is 62.3 cm³/mol. The molecule has 0 amide bonds. The standard InChI is InChI=1S/C11H25N2O2.ClH/c1-5-7-13(3,4)11(9(12)6-2)10(15)8-14;/h5,9-11,14-15H,1,6-8,12H2,2-4H3;1H/q+1;/p-1. The van der Waals surface area contributed by atoms with Gasteiger partial charge in [-0.3, -0.25) is 0 Å². The van der Waals surface area contributed by atoms with Crippen LogP contribution in [-0.2, 0) is 0 Å². The quantitative estimate of drug-likeness (QED) is 0.329. The van der Waals surface area contributed by atoms with Crippen molar-refractivity contribution in [2.45, 2.75) is 31.5 Å². The summed E-state index contributed by atoms with van der Waals surface area (Å²) in [5.74, 6) is 0. The largest absolute Gasteiger partial charge is 1.00 e. The first-order chi connectivity index (χ1) is 6.90. The number of rotatable bonds is 7. The molecule has 0 aliphatic carbocycles. The second kappa shape index (κ2) is 8.03. The Hall–Kier alpha value is -0.130. The molecular formula is C11H25ClN2O2. The molecule has 0 bridgehead atoms. The van der Waals surface area contributed by atoms with E-state index in [1.54, 1.807) is 6.08 Å². The maximum Gasteiger partial charge on any atom is 0.133 e. The molecular weight excluding hydrogens is 228 g/mol. The van der Waals surface area contributed by atoms with Crippen molar-refractivity contribution < 1.29 is 27.1 Å². The van der Waals surface area contributed by atoms with Gasteiger partial charge >= 0.3 is 0 Å². The summed E-state index contributed by atoms with van der Waals surface area (Å²) in [6, 6.07) is -0.292. The van der Waals surface area contributed by atoms with Crippen molar-refractivity contribution in [3.05, 3.63) is 12.7 Å². The van der Waals surface area contributed by atoms with E-state index in [0.29, 0.717) is 4.48 Å². The van der Waals surface area contributed by atoms with Crippen LogP contribution in [0.1, 0.15) is 13.3 Å². The van der Waals surface area contributed by atoms with Crippen LogP contribution >= 0.6 is 0 Å². The second-order valence-corrected chi connectivity index (χ2v) is 4.56. The average Bonchev–Trinajstić information content (AvgIpc) is 2.16. The van der Waals surface area contributed by atoms with Gasteiger partial charge in [-0.2, -0.15) is 0 Å². The molecule has 16 heavy (non-hydrogen) atoms. The van der Waals surface area contributed by atoms with E-state index in [9.17, 15) is 5.11 Å². The van der Waals surface area contributed by atoms with E-state index >= 15 is 0 Å². The Morgan fingerprint density at radius 2 is 1.94 bits per heavy atom. The molecule has 3 atom stereocenters. The maximum absolute atomic E-state index is 9.80. The Balaban J connectivity index is 0. The van der Waals surface area contributed by atoms with Crippen LogP contribution in [0.2, 0.25) is 0 Å². The van der Waals surface area contributed by atoms with Gasteiger partial charge in [-0.15, -0.1) is 0 Å². The third kappa shape index (κ3) is 4.80. The minimum Gasteiger partial charge on any atom is -1.00 e. The molecule has 5 heteroatoms. The Labute approximate surface area is 105 Å². The van der Waals surface area contributed by atoms with Gasteiger partial charge in [0.25, 0.3) is 0 Å². The van der Waals surface area contributed by atoms with Crippen LogP contribution < -0.4 is 18.1 Å². The first kappa shape index (κ1) is 18.2. The molecule has 0 spiro atoms. The summed E-state index contributed by atoms with van der Waals surface area (Å²) in [6.07, 6.45) is 1.80. The van der Waals surface area contributed by atoms with Crippen molar-refractivity contribution in [1.29, 1.82) is 0 Å². The van der Waals surface area contributed by atoms with Crippen molar-refractivity contribution in [3.8, 4) is 0 Å².